The lowest BCUT2D eigenvalue weighted by Gasteiger charge is -2.12. The molecule has 23 heavy (non-hydrogen) atoms. The summed E-state index contributed by atoms with van der Waals surface area (Å²) in [5.41, 5.74) is 0.294. The SMILES string of the molecule is CC(OC(=O)c1cccc(C#N)c1)C(=O)c1ccc(F)c(F)c1. The van der Waals surface area contributed by atoms with Crippen molar-refractivity contribution in [3.05, 3.63) is 70.8 Å². The number of ketones is 1. The van der Waals surface area contributed by atoms with Gasteiger partial charge in [-0.3, -0.25) is 4.79 Å². The summed E-state index contributed by atoms with van der Waals surface area (Å²) in [5, 5.41) is 8.79. The Balaban J connectivity index is 2.12. The summed E-state index contributed by atoms with van der Waals surface area (Å²) in [6.45, 7) is 1.33. The van der Waals surface area contributed by atoms with Crippen molar-refractivity contribution in [1.29, 1.82) is 5.26 Å². The second-order valence-electron chi connectivity index (χ2n) is 4.73. The Morgan fingerprint density at radius 3 is 2.48 bits per heavy atom. The second kappa shape index (κ2) is 6.79. The highest BCUT2D eigenvalue weighted by molar-refractivity contribution is 6.01. The number of carbonyl (C=O) groups excluding carboxylic acids is 2. The van der Waals surface area contributed by atoms with Crippen LogP contribution in [-0.2, 0) is 4.74 Å². The van der Waals surface area contributed by atoms with Gasteiger partial charge in [0, 0.05) is 5.56 Å². The van der Waals surface area contributed by atoms with Crippen LogP contribution in [0.2, 0.25) is 0 Å². The summed E-state index contributed by atoms with van der Waals surface area (Å²) in [6, 6.07) is 10.4. The smallest absolute Gasteiger partial charge is 0.338 e. The maximum atomic E-state index is 13.1. The normalized spacial score (nSPS) is 11.4. The van der Waals surface area contributed by atoms with E-state index in [4.69, 9.17) is 10.00 Å². The first-order valence-electron chi connectivity index (χ1n) is 6.63. The lowest BCUT2D eigenvalue weighted by Crippen LogP contribution is -2.24. The zero-order chi connectivity index (χ0) is 17.0. The van der Waals surface area contributed by atoms with Crippen LogP contribution in [0, 0.1) is 23.0 Å². The number of esters is 1. The molecule has 2 rings (SSSR count). The zero-order valence-corrected chi connectivity index (χ0v) is 12.0. The van der Waals surface area contributed by atoms with Gasteiger partial charge in [-0.25, -0.2) is 13.6 Å². The third-order valence-electron chi connectivity index (χ3n) is 3.08. The van der Waals surface area contributed by atoms with Crippen LogP contribution in [0.3, 0.4) is 0 Å². The van der Waals surface area contributed by atoms with Crippen molar-refractivity contribution < 1.29 is 23.1 Å². The summed E-state index contributed by atoms with van der Waals surface area (Å²) in [6.07, 6.45) is -1.18. The van der Waals surface area contributed by atoms with E-state index in [1.807, 2.05) is 6.07 Å². The maximum Gasteiger partial charge on any atom is 0.338 e. The third kappa shape index (κ3) is 3.77. The van der Waals surface area contributed by atoms with Crippen molar-refractivity contribution in [1.82, 2.24) is 0 Å². The molecule has 0 heterocycles. The molecule has 0 saturated carbocycles. The van der Waals surface area contributed by atoms with E-state index in [9.17, 15) is 18.4 Å². The summed E-state index contributed by atoms with van der Waals surface area (Å²) in [7, 11) is 0. The fourth-order valence-electron chi connectivity index (χ4n) is 1.88. The van der Waals surface area contributed by atoms with Crippen molar-refractivity contribution in [3.63, 3.8) is 0 Å². The molecule has 0 bridgehead atoms. The predicted molar refractivity (Wildman–Crippen MR) is 76.7 cm³/mol. The number of benzene rings is 2. The highest BCUT2D eigenvalue weighted by Crippen LogP contribution is 2.14. The van der Waals surface area contributed by atoms with Crippen molar-refractivity contribution in [2.45, 2.75) is 13.0 Å². The van der Waals surface area contributed by atoms with Gasteiger partial charge in [0.2, 0.25) is 5.78 Å². The number of hydrogen-bond donors (Lipinski definition) is 0. The Morgan fingerprint density at radius 2 is 1.83 bits per heavy atom. The van der Waals surface area contributed by atoms with Crippen LogP contribution in [-0.4, -0.2) is 17.9 Å². The molecule has 2 aromatic carbocycles. The van der Waals surface area contributed by atoms with Crippen LogP contribution in [0.4, 0.5) is 8.78 Å². The van der Waals surface area contributed by atoms with E-state index in [2.05, 4.69) is 0 Å². The summed E-state index contributed by atoms with van der Waals surface area (Å²) >= 11 is 0. The number of ether oxygens (including phenoxy) is 1. The Hall–Kier alpha value is -3.07. The van der Waals surface area contributed by atoms with E-state index in [1.165, 1.54) is 31.2 Å². The minimum absolute atomic E-state index is 0.102. The first-order chi connectivity index (χ1) is 10.9. The topological polar surface area (TPSA) is 67.2 Å². The maximum absolute atomic E-state index is 13.1. The molecule has 6 heteroatoms. The molecular formula is C17H11F2NO3. The molecule has 0 fully saturated rings. The molecular weight excluding hydrogens is 304 g/mol. The summed E-state index contributed by atoms with van der Waals surface area (Å²) < 4.78 is 31.0. The van der Waals surface area contributed by atoms with Gasteiger partial charge in [-0.2, -0.15) is 5.26 Å². The van der Waals surface area contributed by atoms with Gasteiger partial charge in [-0.15, -0.1) is 0 Å². The standard InChI is InChI=1S/C17H11F2NO3/c1-10(16(21)12-5-6-14(18)15(19)8-12)23-17(22)13-4-2-3-11(7-13)9-20/h2-8,10H,1H3. The number of halogens is 2. The summed E-state index contributed by atoms with van der Waals surface area (Å²) in [4.78, 5) is 24.0. The van der Waals surface area contributed by atoms with E-state index in [0.717, 1.165) is 18.2 Å². The average molecular weight is 315 g/mol. The van der Waals surface area contributed by atoms with Gasteiger partial charge in [0.1, 0.15) is 0 Å². The van der Waals surface area contributed by atoms with Gasteiger partial charge in [0.25, 0.3) is 0 Å². The molecule has 1 atom stereocenters. The predicted octanol–water partition coefficient (Wildman–Crippen LogP) is 3.26. The van der Waals surface area contributed by atoms with Crippen LogP contribution >= 0.6 is 0 Å². The van der Waals surface area contributed by atoms with Crippen molar-refractivity contribution >= 4 is 11.8 Å². The van der Waals surface area contributed by atoms with E-state index in [1.54, 1.807) is 0 Å². The lowest BCUT2D eigenvalue weighted by molar-refractivity contribution is 0.0318. The average Bonchev–Trinajstić information content (AvgIpc) is 2.56. The van der Waals surface area contributed by atoms with E-state index in [0.29, 0.717) is 0 Å². The van der Waals surface area contributed by atoms with Gasteiger partial charge < -0.3 is 4.74 Å². The van der Waals surface area contributed by atoms with Crippen LogP contribution in [0.1, 0.15) is 33.2 Å². The fourth-order valence-corrected chi connectivity index (χ4v) is 1.88. The fraction of sp³-hybridized carbons (Fsp3) is 0.118. The molecule has 0 saturated heterocycles. The molecule has 116 valence electrons. The van der Waals surface area contributed by atoms with E-state index >= 15 is 0 Å². The quantitative estimate of drug-likeness (QED) is 0.641. The molecule has 0 aliphatic carbocycles. The molecule has 0 N–H and O–H groups in total. The van der Waals surface area contributed by atoms with Crippen molar-refractivity contribution in [3.8, 4) is 6.07 Å². The molecule has 4 nitrogen and oxygen atoms in total. The molecule has 2 aromatic rings. The van der Waals surface area contributed by atoms with Gasteiger partial charge in [0.15, 0.2) is 17.7 Å². The number of hydrogen-bond acceptors (Lipinski definition) is 4. The Labute approximate surface area is 130 Å². The van der Waals surface area contributed by atoms with Gasteiger partial charge in [0.05, 0.1) is 17.2 Å². The number of nitrogens with zero attached hydrogens (tertiary/aromatic N) is 1. The first kappa shape index (κ1) is 16.3. The second-order valence-corrected chi connectivity index (χ2v) is 4.73. The molecule has 0 aliphatic rings. The van der Waals surface area contributed by atoms with Gasteiger partial charge in [-0.05, 0) is 43.3 Å². The highest BCUT2D eigenvalue weighted by Gasteiger charge is 2.21. The van der Waals surface area contributed by atoms with Crippen molar-refractivity contribution in [2.24, 2.45) is 0 Å². The van der Waals surface area contributed by atoms with Gasteiger partial charge >= 0.3 is 5.97 Å². The van der Waals surface area contributed by atoms with Crippen LogP contribution in [0.25, 0.3) is 0 Å². The van der Waals surface area contributed by atoms with Gasteiger partial charge in [-0.1, -0.05) is 6.07 Å². The molecule has 0 amide bonds. The number of nitriles is 1. The highest BCUT2D eigenvalue weighted by atomic mass is 19.2. The minimum atomic E-state index is -1.18. The zero-order valence-electron chi connectivity index (χ0n) is 12.0. The number of rotatable bonds is 4. The van der Waals surface area contributed by atoms with E-state index < -0.39 is 29.5 Å². The molecule has 0 aliphatic heterocycles. The first-order valence-corrected chi connectivity index (χ1v) is 6.63. The lowest BCUT2D eigenvalue weighted by atomic mass is 10.1. The molecule has 0 aromatic heterocycles. The Kier molecular flexibility index (Phi) is 4.82. The minimum Gasteiger partial charge on any atom is -0.451 e. The van der Waals surface area contributed by atoms with Crippen molar-refractivity contribution in [2.75, 3.05) is 0 Å². The number of Topliss-reactive ketones (excluding diaryl/α,β-unsaturated/α-hetero) is 1. The van der Waals surface area contributed by atoms with Crippen LogP contribution < -0.4 is 0 Å². The Bertz CT molecular complexity index is 812. The monoisotopic (exact) mass is 315 g/mol. The van der Waals surface area contributed by atoms with E-state index in [-0.39, 0.29) is 16.7 Å². The summed E-state index contributed by atoms with van der Waals surface area (Å²) in [5.74, 6) is -3.67. The number of carbonyl (C=O) groups is 2. The third-order valence-corrected chi connectivity index (χ3v) is 3.08. The van der Waals surface area contributed by atoms with Crippen LogP contribution in [0.15, 0.2) is 42.5 Å². The largest absolute Gasteiger partial charge is 0.451 e. The molecule has 0 spiro atoms. The molecule has 1 unspecified atom stereocenters. The Morgan fingerprint density at radius 1 is 1.09 bits per heavy atom. The molecule has 0 radical (unpaired) electrons. The van der Waals surface area contributed by atoms with Crippen LogP contribution in [0.5, 0.6) is 0 Å².